The number of nitrogens with zero attached hydrogens (tertiary/aromatic N) is 1. The Bertz CT molecular complexity index is 419. The monoisotopic (exact) mass is 276 g/mol. The second kappa shape index (κ2) is 6.04. The molecule has 1 rings (SSSR count). The average Bonchev–Trinajstić information content (AvgIpc) is 2.27. The third-order valence-corrected chi connectivity index (χ3v) is 2.55. The van der Waals surface area contributed by atoms with E-state index in [0.29, 0.717) is 17.1 Å². The summed E-state index contributed by atoms with van der Waals surface area (Å²) in [5, 5.41) is 0. The van der Waals surface area contributed by atoms with Crippen molar-refractivity contribution in [3.63, 3.8) is 0 Å². The van der Waals surface area contributed by atoms with Crippen LogP contribution in [0.4, 0.5) is 24.5 Å². The Morgan fingerprint density at radius 3 is 2.47 bits per heavy atom. The van der Waals surface area contributed by atoms with Crippen LogP contribution in [-0.4, -0.2) is 25.9 Å². The standard InChI is InChI=1S/C13H19F3N2O/c1-9(2)19-11-6-4-5-10(12(11)17)18(3)8-7-13(14,15)16/h4-6,9H,7-8,17H2,1-3H3. The molecule has 0 amide bonds. The number of ether oxygens (including phenoxy) is 1. The molecule has 0 heterocycles. The summed E-state index contributed by atoms with van der Waals surface area (Å²) < 4.78 is 42.1. The minimum Gasteiger partial charge on any atom is -0.489 e. The van der Waals surface area contributed by atoms with E-state index >= 15 is 0 Å². The summed E-state index contributed by atoms with van der Waals surface area (Å²) in [7, 11) is 1.58. The number of nitrogens with two attached hydrogens (primary N) is 1. The summed E-state index contributed by atoms with van der Waals surface area (Å²) in [6.07, 6.45) is -5.09. The van der Waals surface area contributed by atoms with Crippen LogP contribution in [0, 0.1) is 0 Å². The average molecular weight is 276 g/mol. The first kappa shape index (κ1) is 15.5. The molecule has 0 unspecified atom stereocenters. The lowest BCUT2D eigenvalue weighted by atomic mass is 10.2. The van der Waals surface area contributed by atoms with Gasteiger partial charge in [-0.3, -0.25) is 0 Å². The molecule has 0 radical (unpaired) electrons. The van der Waals surface area contributed by atoms with E-state index in [2.05, 4.69) is 0 Å². The predicted octanol–water partition coefficient (Wildman–Crippen LogP) is 3.44. The lowest BCUT2D eigenvalue weighted by Crippen LogP contribution is -2.25. The SMILES string of the molecule is CC(C)Oc1cccc(N(C)CCC(F)(F)F)c1N. The van der Waals surface area contributed by atoms with E-state index in [1.54, 1.807) is 25.2 Å². The second-order valence-corrected chi connectivity index (χ2v) is 4.64. The van der Waals surface area contributed by atoms with Gasteiger partial charge in [0.15, 0.2) is 0 Å². The first-order chi connectivity index (χ1) is 8.70. The Hall–Kier alpha value is -1.59. The van der Waals surface area contributed by atoms with Crippen molar-refractivity contribution < 1.29 is 17.9 Å². The Balaban J connectivity index is 2.82. The first-order valence-electron chi connectivity index (χ1n) is 6.03. The molecule has 3 nitrogen and oxygen atoms in total. The van der Waals surface area contributed by atoms with E-state index < -0.39 is 12.6 Å². The van der Waals surface area contributed by atoms with Gasteiger partial charge in [0.2, 0.25) is 0 Å². The van der Waals surface area contributed by atoms with Crippen molar-refractivity contribution in [2.24, 2.45) is 0 Å². The molecule has 19 heavy (non-hydrogen) atoms. The first-order valence-corrected chi connectivity index (χ1v) is 6.03. The molecular weight excluding hydrogens is 257 g/mol. The number of hydrogen-bond donors (Lipinski definition) is 1. The second-order valence-electron chi connectivity index (χ2n) is 4.64. The van der Waals surface area contributed by atoms with E-state index in [-0.39, 0.29) is 12.6 Å². The molecule has 0 saturated heterocycles. The van der Waals surface area contributed by atoms with E-state index in [0.717, 1.165) is 0 Å². The molecule has 1 aromatic rings. The van der Waals surface area contributed by atoms with Crippen LogP contribution in [0.5, 0.6) is 5.75 Å². The van der Waals surface area contributed by atoms with Gasteiger partial charge in [0, 0.05) is 13.6 Å². The fourth-order valence-electron chi connectivity index (χ4n) is 1.64. The smallest absolute Gasteiger partial charge is 0.390 e. The molecule has 0 bridgehead atoms. The van der Waals surface area contributed by atoms with Crippen molar-refractivity contribution in [3.05, 3.63) is 18.2 Å². The number of alkyl halides is 3. The van der Waals surface area contributed by atoms with Crippen LogP contribution < -0.4 is 15.4 Å². The van der Waals surface area contributed by atoms with Crippen LogP contribution >= 0.6 is 0 Å². The number of anilines is 2. The maximum absolute atomic E-state index is 12.2. The minimum absolute atomic E-state index is 0.0435. The molecule has 6 heteroatoms. The van der Waals surface area contributed by atoms with E-state index in [1.165, 1.54) is 4.90 Å². The van der Waals surface area contributed by atoms with Gasteiger partial charge >= 0.3 is 6.18 Å². The van der Waals surface area contributed by atoms with Crippen molar-refractivity contribution in [3.8, 4) is 5.75 Å². The highest BCUT2D eigenvalue weighted by Crippen LogP contribution is 2.33. The van der Waals surface area contributed by atoms with Gasteiger partial charge in [0.25, 0.3) is 0 Å². The van der Waals surface area contributed by atoms with Crippen LogP contribution in [0.2, 0.25) is 0 Å². The minimum atomic E-state index is -4.17. The highest BCUT2D eigenvalue weighted by Gasteiger charge is 2.27. The molecule has 108 valence electrons. The molecule has 0 aliphatic carbocycles. The van der Waals surface area contributed by atoms with Crippen LogP contribution in [0.1, 0.15) is 20.3 Å². The molecule has 0 fully saturated rings. The fraction of sp³-hybridized carbons (Fsp3) is 0.538. The van der Waals surface area contributed by atoms with Crippen LogP contribution in [0.3, 0.4) is 0 Å². The maximum Gasteiger partial charge on any atom is 0.390 e. The molecular formula is C13H19F3N2O. The van der Waals surface area contributed by atoms with Crippen molar-refractivity contribution in [1.29, 1.82) is 0 Å². The Kier molecular flexibility index (Phi) is 4.91. The highest BCUT2D eigenvalue weighted by molar-refractivity contribution is 5.73. The summed E-state index contributed by atoms with van der Waals surface area (Å²) in [4.78, 5) is 1.48. The highest BCUT2D eigenvalue weighted by atomic mass is 19.4. The third kappa shape index (κ3) is 4.89. The zero-order valence-corrected chi connectivity index (χ0v) is 11.3. The summed E-state index contributed by atoms with van der Waals surface area (Å²) in [5.74, 6) is 0.492. The molecule has 2 N–H and O–H groups in total. The zero-order chi connectivity index (χ0) is 14.6. The lowest BCUT2D eigenvalue weighted by Gasteiger charge is -2.23. The normalized spacial score (nSPS) is 11.7. The van der Waals surface area contributed by atoms with Gasteiger partial charge in [0.1, 0.15) is 5.75 Å². The molecule has 0 aliphatic rings. The molecule has 1 aromatic carbocycles. The Labute approximate surface area is 111 Å². The summed E-state index contributed by atoms with van der Waals surface area (Å²) in [6, 6.07) is 5.10. The van der Waals surface area contributed by atoms with E-state index in [4.69, 9.17) is 10.5 Å². The van der Waals surface area contributed by atoms with Crippen LogP contribution in [-0.2, 0) is 0 Å². The molecule has 0 aliphatic heterocycles. The lowest BCUT2D eigenvalue weighted by molar-refractivity contribution is -0.132. The van der Waals surface area contributed by atoms with E-state index in [9.17, 15) is 13.2 Å². The molecule has 0 aromatic heterocycles. The topological polar surface area (TPSA) is 38.5 Å². The number of nitrogen functional groups attached to an aromatic ring is 1. The van der Waals surface area contributed by atoms with Gasteiger partial charge in [-0.25, -0.2) is 0 Å². The fourth-order valence-corrected chi connectivity index (χ4v) is 1.64. The van der Waals surface area contributed by atoms with Gasteiger partial charge in [-0.15, -0.1) is 0 Å². The van der Waals surface area contributed by atoms with Gasteiger partial charge in [-0.1, -0.05) is 6.07 Å². The van der Waals surface area contributed by atoms with Crippen LogP contribution in [0.25, 0.3) is 0 Å². The van der Waals surface area contributed by atoms with Crippen molar-refractivity contribution in [1.82, 2.24) is 0 Å². The van der Waals surface area contributed by atoms with Crippen molar-refractivity contribution >= 4 is 11.4 Å². The molecule has 0 spiro atoms. The van der Waals surface area contributed by atoms with Gasteiger partial charge in [-0.2, -0.15) is 13.2 Å². The van der Waals surface area contributed by atoms with Crippen molar-refractivity contribution in [2.75, 3.05) is 24.2 Å². The van der Waals surface area contributed by atoms with Crippen molar-refractivity contribution in [2.45, 2.75) is 32.5 Å². The van der Waals surface area contributed by atoms with Gasteiger partial charge < -0.3 is 15.4 Å². The van der Waals surface area contributed by atoms with Crippen LogP contribution in [0.15, 0.2) is 18.2 Å². The number of halogens is 3. The number of para-hydroxylation sites is 1. The predicted molar refractivity (Wildman–Crippen MR) is 70.6 cm³/mol. The third-order valence-electron chi connectivity index (χ3n) is 2.55. The molecule has 0 saturated carbocycles. The number of rotatable bonds is 5. The maximum atomic E-state index is 12.2. The number of hydrogen-bond acceptors (Lipinski definition) is 3. The number of benzene rings is 1. The summed E-state index contributed by atoms with van der Waals surface area (Å²) in [6.45, 7) is 3.58. The Morgan fingerprint density at radius 2 is 1.95 bits per heavy atom. The summed E-state index contributed by atoms with van der Waals surface area (Å²) in [5.41, 5.74) is 6.83. The van der Waals surface area contributed by atoms with Gasteiger partial charge in [0.05, 0.1) is 23.9 Å². The molecule has 0 atom stereocenters. The zero-order valence-electron chi connectivity index (χ0n) is 11.3. The largest absolute Gasteiger partial charge is 0.489 e. The Morgan fingerprint density at radius 1 is 1.32 bits per heavy atom. The quantitative estimate of drug-likeness (QED) is 0.837. The van der Waals surface area contributed by atoms with E-state index in [1.807, 2.05) is 13.8 Å². The van der Waals surface area contributed by atoms with Gasteiger partial charge in [-0.05, 0) is 26.0 Å². The summed E-state index contributed by atoms with van der Waals surface area (Å²) >= 11 is 0.